The lowest BCUT2D eigenvalue weighted by atomic mass is 10.2. The highest BCUT2D eigenvalue weighted by Crippen LogP contribution is 2.11. The van der Waals surface area contributed by atoms with Crippen molar-refractivity contribution < 1.29 is 9.53 Å². The van der Waals surface area contributed by atoms with Gasteiger partial charge in [0.05, 0.1) is 11.6 Å². The summed E-state index contributed by atoms with van der Waals surface area (Å²) in [5.74, 6) is 0.543. The maximum absolute atomic E-state index is 9.94. The van der Waals surface area contributed by atoms with Crippen LogP contribution in [0.1, 0.15) is 5.56 Å². The van der Waals surface area contributed by atoms with Crippen molar-refractivity contribution in [2.45, 2.75) is 0 Å². The average molecular weight is 161 g/mol. The minimum absolute atomic E-state index is 0.0227. The summed E-state index contributed by atoms with van der Waals surface area (Å²) in [4.78, 5) is 9.94. The minimum Gasteiger partial charge on any atom is -0.486 e. The first-order valence-corrected chi connectivity index (χ1v) is 3.43. The smallest absolute Gasteiger partial charge is 0.157 e. The van der Waals surface area contributed by atoms with E-state index in [4.69, 9.17) is 10.00 Å². The highest BCUT2D eigenvalue weighted by atomic mass is 16.5. The van der Waals surface area contributed by atoms with Crippen LogP contribution in [0, 0.1) is 11.3 Å². The summed E-state index contributed by atoms with van der Waals surface area (Å²) in [7, 11) is 0. The second kappa shape index (κ2) is 4.14. The zero-order valence-corrected chi connectivity index (χ0v) is 6.36. The fraction of sp³-hybridized carbons (Fsp3) is 0.111. The van der Waals surface area contributed by atoms with E-state index >= 15 is 0 Å². The molecule has 0 saturated heterocycles. The molecule has 60 valence electrons. The van der Waals surface area contributed by atoms with Gasteiger partial charge in [0, 0.05) is 0 Å². The van der Waals surface area contributed by atoms with Gasteiger partial charge < -0.3 is 4.74 Å². The lowest BCUT2D eigenvalue weighted by molar-refractivity contribution is -0.109. The Morgan fingerprint density at radius 1 is 1.58 bits per heavy atom. The molecule has 0 aliphatic heterocycles. The van der Waals surface area contributed by atoms with E-state index in [0.29, 0.717) is 17.6 Å². The van der Waals surface area contributed by atoms with Crippen LogP contribution in [0.15, 0.2) is 24.3 Å². The zero-order valence-electron chi connectivity index (χ0n) is 6.36. The van der Waals surface area contributed by atoms with Gasteiger partial charge in [-0.05, 0) is 18.2 Å². The van der Waals surface area contributed by atoms with Gasteiger partial charge in [0.15, 0.2) is 6.29 Å². The molecule has 12 heavy (non-hydrogen) atoms. The molecule has 0 saturated carbocycles. The highest BCUT2D eigenvalue weighted by Gasteiger charge is 1.93. The molecular formula is C9H7NO2. The number of ether oxygens (including phenoxy) is 1. The summed E-state index contributed by atoms with van der Waals surface area (Å²) in [5.41, 5.74) is 0.526. The van der Waals surface area contributed by atoms with Crippen LogP contribution in [-0.4, -0.2) is 12.9 Å². The molecule has 0 N–H and O–H groups in total. The van der Waals surface area contributed by atoms with Crippen LogP contribution < -0.4 is 4.74 Å². The number of hydrogen-bond donors (Lipinski definition) is 0. The third-order valence-corrected chi connectivity index (χ3v) is 1.28. The van der Waals surface area contributed by atoms with Crippen LogP contribution in [0.5, 0.6) is 5.75 Å². The van der Waals surface area contributed by atoms with E-state index < -0.39 is 0 Å². The van der Waals surface area contributed by atoms with Crippen molar-refractivity contribution in [3.8, 4) is 11.8 Å². The predicted octanol–water partition coefficient (Wildman–Crippen LogP) is 1.14. The summed E-state index contributed by atoms with van der Waals surface area (Å²) >= 11 is 0. The molecule has 1 rings (SSSR count). The van der Waals surface area contributed by atoms with Crippen LogP contribution >= 0.6 is 0 Å². The van der Waals surface area contributed by atoms with Crippen LogP contribution in [0.25, 0.3) is 0 Å². The molecule has 0 radical (unpaired) electrons. The Labute approximate surface area is 70.2 Å². The molecule has 0 spiro atoms. The van der Waals surface area contributed by atoms with Crippen molar-refractivity contribution in [1.82, 2.24) is 0 Å². The predicted molar refractivity (Wildman–Crippen MR) is 42.7 cm³/mol. The van der Waals surface area contributed by atoms with Gasteiger partial charge in [0.1, 0.15) is 12.4 Å². The van der Waals surface area contributed by atoms with Gasteiger partial charge in [-0.2, -0.15) is 5.26 Å². The first-order valence-electron chi connectivity index (χ1n) is 3.43. The van der Waals surface area contributed by atoms with Crippen LogP contribution in [0.4, 0.5) is 0 Å². The molecule has 0 atom stereocenters. The summed E-state index contributed by atoms with van der Waals surface area (Å²) in [6.07, 6.45) is 0.666. The Hall–Kier alpha value is -1.82. The van der Waals surface area contributed by atoms with Gasteiger partial charge >= 0.3 is 0 Å². The van der Waals surface area contributed by atoms with Gasteiger partial charge in [-0.25, -0.2) is 0 Å². The number of carbonyl (C=O) groups excluding carboxylic acids is 1. The number of rotatable bonds is 3. The Morgan fingerprint density at radius 3 is 3.08 bits per heavy atom. The van der Waals surface area contributed by atoms with Gasteiger partial charge in [-0.1, -0.05) is 6.07 Å². The number of aldehydes is 1. The molecule has 3 nitrogen and oxygen atoms in total. The van der Waals surface area contributed by atoms with Gasteiger partial charge in [0.25, 0.3) is 0 Å². The van der Waals surface area contributed by atoms with E-state index in [0.717, 1.165) is 0 Å². The SMILES string of the molecule is N#Cc1cccc(OCC=O)c1. The van der Waals surface area contributed by atoms with Crippen molar-refractivity contribution in [2.24, 2.45) is 0 Å². The topological polar surface area (TPSA) is 50.1 Å². The molecule has 0 unspecified atom stereocenters. The second-order valence-electron chi connectivity index (χ2n) is 2.12. The quantitative estimate of drug-likeness (QED) is 0.624. The third-order valence-electron chi connectivity index (χ3n) is 1.28. The Kier molecular flexibility index (Phi) is 2.86. The molecule has 1 aromatic carbocycles. The van der Waals surface area contributed by atoms with Crippen molar-refractivity contribution in [2.75, 3.05) is 6.61 Å². The van der Waals surface area contributed by atoms with E-state index in [1.165, 1.54) is 0 Å². The molecule has 0 heterocycles. The van der Waals surface area contributed by atoms with E-state index in [1.807, 2.05) is 6.07 Å². The van der Waals surface area contributed by atoms with Crippen LogP contribution in [0.2, 0.25) is 0 Å². The molecule has 1 aromatic rings. The van der Waals surface area contributed by atoms with Crippen LogP contribution in [0.3, 0.4) is 0 Å². The van der Waals surface area contributed by atoms with Crippen LogP contribution in [-0.2, 0) is 4.79 Å². The fourth-order valence-electron chi connectivity index (χ4n) is 0.786. The van der Waals surface area contributed by atoms with E-state index in [-0.39, 0.29) is 6.61 Å². The summed E-state index contributed by atoms with van der Waals surface area (Å²) < 4.78 is 4.98. The fourth-order valence-corrected chi connectivity index (χ4v) is 0.786. The van der Waals surface area contributed by atoms with E-state index in [2.05, 4.69) is 0 Å². The number of benzene rings is 1. The van der Waals surface area contributed by atoms with E-state index in [9.17, 15) is 4.79 Å². The molecule has 0 aliphatic rings. The summed E-state index contributed by atoms with van der Waals surface area (Å²) in [6.45, 7) is 0.0227. The lowest BCUT2D eigenvalue weighted by Crippen LogP contribution is -1.97. The van der Waals surface area contributed by atoms with Crippen molar-refractivity contribution >= 4 is 6.29 Å². The molecular weight excluding hydrogens is 154 g/mol. The Morgan fingerprint density at radius 2 is 2.42 bits per heavy atom. The largest absolute Gasteiger partial charge is 0.486 e. The normalized spacial score (nSPS) is 8.58. The standard InChI is InChI=1S/C9H7NO2/c10-7-8-2-1-3-9(6-8)12-5-4-11/h1-4,6H,5H2. The van der Waals surface area contributed by atoms with Gasteiger partial charge in [-0.3, -0.25) is 4.79 Å². The van der Waals surface area contributed by atoms with Crippen molar-refractivity contribution in [1.29, 1.82) is 5.26 Å². The molecule has 3 heteroatoms. The molecule has 0 bridgehead atoms. The maximum Gasteiger partial charge on any atom is 0.157 e. The monoisotopic (exact) mass is 161 g/mol. The number of nitrogens with zero attached hydrogens (tertiary/aromatic N) is 1. The lowest BCUT2D eigenvalue weighted by Gasteiger charge is -2.00. The maximum atomic E-state index is 9.94. The average Bonchev–Trinajstić information content (AvgIpc) is 2.15. The van der Waals surface area contributed by atoms with Gasteiger partial charge in [0.2, 0.25) is 0 Å². The van der Waals surface area contributed by atoms with Gasteiger partial charge in [-0.15, -0.1) is 0 Å². The summed E-state index contributed by atoms with van der Waals surface area (Å²) in [6, 6.07) is 8.64. The number of carbonyl (C=O) groups is 1. The molecule has 0 amide bonds. The minimum atomic E-state index is 0.0227. The molecule has 0 aliphatic carbocycles. The third kappa shape index (κ3) is 2.10. The molecule has 0 aromatic heterocycles. The Bertz CT molecular complexity index is 315. The molecule has 0 fully saturated rings. The summed E-state index contributed by atoms with van der Waals surface area (Å²) in [5, 5.41) is 8.51. The Balaban J connectivity index is 2.74. The first kappa shape index (κ1) is 8.28. The van der Waals surface area contributed by atoms with E-state index in [1.54, 1.807) is 24.3 Å². The van der Waals surface area contributed by atoms with Crippen molar-refractivity contribution in [3.05, 3.63) is 29.8 Å². The second-order valence-corrected chi connectivity index (χ2v) is 2.12. The van der Waals surface area contributed by atoms with Crippen molar-refractivity contribution in [3.63, 3.8) is 0 Å². The highest BCUT2D eigenvalue weighted by molar-refractivity contribution is 5.51. The number of hydrogen-bond acceptors (Lipinski definition) is 3. The number of nitriles is 1. The first-order chi connectivity index (χ1) is 5.86. The zero-order chi connectivity index (χ0) is 8.81.